The average molecular weight is 465 g/mol. The SMILES string of the molecule is CC1(C)c2[nH]c3ccccc3c2C[C@H]2C(=O)N(N=Cc3cccc(Br)c3)CC(=O)N21. The predicted octanol–water partition coefficient (Wildman–Crippen LogP) is 3.80. The van der Waals surface area contributed by atoms with E-state index >= 15 is 0 Å². The Morgan fingerprint density at radius 1 is 1.17 bits per heavy atom. The van der Waals surface area contributed by atoms with E-state index in [2.05, 4.69) is 32.1 Å². The van der Waals surface area contributed by atoms with Crippen LogP contribution in [0.4, 0.5) is 0 Å². The first-order chi connectivity index (χ1) is 14.4. The van der Waals surface area contributed by atoms with Crippen molar-refractivity contribution in [1.82, 2.24) is 14.9 Å². The van der Waals surface area contributed by atoms with Crippen LogP contribution in [-0.4, -0.2) is 45.5 Å². The Morgan fingerprint density at radius 3 is 2.77 bits per heavy atom. The molecule has 0 saturated carbocycles. The maximum Gasteiger partial charge on any atom is 0.266 e. The summed E-state index contributed by atoms with van der Waals surface area (Å²) >= 11 is 3.43. The zero-order chi connectivity index (χ0) is 21.0. The summed E-state index contributed by atoms with van der Waals surface area (Å²) in [6.45, 7) is 3.94. The molecule has 0 aliphatic carbocycles. The smallest absolute Gasteiger partial charge is 0.266 e. The predicted molar refractivity (Wildman–Crippen MR) is 119 cm³/mol. The van der Waals surface area contributed by atoms with Crippen molar-refractivity contribution in [2.24, 2.45) is 5.10 Å². The lowest BCUT2D eigenvalue weighted by atomic mass is 9.82. The molecule has 1 saturated heterocycles. The number of aromatic amines is 1. The highest BCUT2D eigenvalue weighted by Crippen LogP contribution is 2.42. The number of nitrogens with one attached hydrogen (secondary N) is 1. The van der Waals surface area contributed by atoms with Crippen molar-refractivity contribution in [1.29, 1.82) is 0 Å². The number of para-hydroxylation sites is 1. The highest BCUT2D eigenvalue weighted by Gasteiger charge is 2.51. The number of nitrogens with zero attached hydrogens (tertiary/aromatic N) is 3. The fourth-order valence-electron chi connectivity index (χ4n) is 4.69. The van der Waals surface area contributed by atoms with Crippen LogP contribution in [0.25, 0.3) is 10.9 Å². The van der Waals surface area contributed by atoms with Crippen LogP contribution in [0.5, 0.6) is 0 Å². The van der Waals surface area contributed by atoms with E-state index in [1.54, 1.807) is 11.1 Å². The van der Waals surface area contributed by atoms with Crippen LogP contribution in [-0.2, 0) is 21.5 Å². The van der Waals surface area contributed by atoms with Gasteiger partial charge in [0.1, 0.15) is 12.6 Å². The van der Waals surface area contributed by atoms with Crippen molar-refractivity contribution in [3.63, 3.8) is 0 Å². The number of H-pyrrole nitrogens is 1. The minimum absolute atomic E-state index is 0.0567. The molecule has 6 nitrogen and oxygen atoms in total. The van der Waals surface area contributed by atoms with Crippen molar-refractivity contribution in [2.75, 3.05) is 6.54 Å². The molecule has 1 N–H and O–H groups in total. The van der Waals surface area contributed by atoms with Crippen LogP contribution in [0.2, 0.25) is 0 Å². The Labute approximate surface area is 182 Å². The third-order valence-corrected chi connectivity index (χ3v) is 6.52. The number of rotatable bonds is 2. The van der Waals surface area contributed by atoms with Gasteiger partial charge < -0.3 is 9.88 Å². The molecule has 3 heterocycles. The van der Waals surface area contributed by atoms with E-state index in [-0.39, 0.29) is 18.4 Å². The zero-order valence-corrected chi connectivity index (χ0v) is 18.3. The number of halogens is 1. The number of hydrogen-bond acceptors (Lipinski definition) is 3. The van der Waals surface area contributed by atoms with Gasteiger partial charge in [-0.05, 0) is 43.2 Å². The van der Waals surface area contributed by atoms with E-state index in [1.165, 1.54) is 5.01 Å². The average Bonchev–Trinajstić information content (AvgIpc) is 3.09. The van der Waals surface area contributed by atoms with Crippen molar-refractivity contribution >= 4 is 44.9 Å². The number of carbonyl (C=O) groups excluding carboxylic acids is 2. The number of amides is 2. The molecule has 2 amide bonds. The molecule has 1 fully saturated rings. The number of fused-ring (bicyclic) bond motifs is 4. The van der Waals surface area contributed by atoms with Crippen molar-refractivity contribution < 1.29 is 9.59 Å². The molecule has 2 aromatic carbocycles. The molecule has 1 atom stereocenters. The van der Waals surface area contributed by atoms with Crippen molar-refractivity contribution in [2.45, 2.75) is 31.8 Å². The number of hydrazone groups is 1. The molecule has 0 spiro atoms. The summed E-state index contributed by atoms with van der Waals surface area (Å²) < 4.78 is 0.930. The van der Waals surface area contributed by atoms with Crippen LogP contribution in [0.3, 0.4) is 0 Å². The van der Waals surface area contributed by atoms with Gasteiger partial charge in [-0.1, -0.05) is 46.3 Å². The summed E-state index contributed by atoms with van der Waals surface area (Å²) in [7, 11) is 0. The normalized spacial score (nSPS) is 20.7. The fraction of sp³-hybridized carbons (Fsp3) is 0.261. The molecule has 0 bridgehead atoms. The van der Waals surface area contributed by atoms with Crippen LogP contribution < -0.4 is 0 Å². The summed E-state index contributed by atoms with van der Waals surface area (Å²) in [6.07, 6.45) is 2.10. The maximum atomic E-state index is 13.3. The number of aromatic nitrogens is 1. The van der Waals surface area contributed by atoms with Gasteiger partial charge in [0.15, 0.2) is 0 Å². The summed E-state index contributed by atoms with van der Waals surface area (Å²) in [5.74, 6) is -0.245. The first-order valence-corrected chi connectivity index (χ1v) is 10.7. The van der Waals surface area contributed by atoms with Crippen molar-refractivity contribution in [3.8, 4) is 0 Å². The molecule has 5 rings (SSSR count). The highest BCUT2D eigenvalue weighted by molar-refractivity contribution is 9.10. The van der Waals surface area contributed by atoms with E-state index in [0.717, 1.165) is 32.2 Å². The van der Waals surface area contributed by atoms with E-state index in [1.807, 2.05) is 56.3 Å². The third kappa shape index (κ3) is 2.88. The third-order valence-electron chi connectivity index (χ3n) is 6.02. The van der Waals surface area contributed by atoms with Gasteiger partial charge >= 0.3 is 0 Å². The van der Waals surface area contributed by atoms with E-state index in [4.69, 9.17) is 0 Å². The minimum atomic E-state index is -0.607. The van der Waals surface area contributed by atoms with Gasteiger partial charge in [0.25, 0.3) is 5.91 Å². The topological polar surface area (TPSA) is 68.8 Å². The largest absolute Gasteiger partial charge is 0.356 e. The second-order valence-corrected chi connectivity index (χ2v) is 9.18. The van der Waals surface area contributed by atoms with Gasteiger partial charge in [0, 0.05) is 27.5 Å². The standard InChI is InChI=1S/C23H21BrN4O2/c1-23(2)21-17(16-8-3-4-9-18(16)26-21)11-19-22(30)27(13-20(29)28(19)23)25-12-14-6-5-7-15(24)10-14/h3-10,12,19,26H,11,13H2,1-2H3/t19-/m0/s1. The summed E-state index contributed by atoms with van der Waals surface area (Å²) in [6, 6.07) is 15.2. The van der Waals surface area contributed by atoms with E-state index < -0.39 is 11.6 Å². The van der Waals surface area contributed by atoms with Gasteiger partial charge in [0.05, 0.1) is 11.8 Å². The number of hydrogen-bond donors (Lipinski definition) is 1. The monoisotopic (exact) mass is 464 g/mol. The van der Waals surface area contributed by atoms with E-state index in [9.17, 15) is 9.59 Å². The Kier molecular flexibility index (Phi) is 4.32. The zero-order valence-electron chi connectivity index (χ0n) is 16.7. The molecule has 3 aromatic rings. The first-order valence-electron chi connectivity index (χ1n) is 9.89. The van der Waals surface area contributed by atoms with E-state index in [0.29, 0.717) is 6.42 Å². The molecule has 0 radical (unpaired) electrons. The Balaban J connectivity index is 1.52. The molecule has 152 valence electrons. The van der Waals surface area contributed by atoms with Crippen LogP contribution >= 0.6 is 15.9 Å². The quantitative estimate of drug-likeness (QED) is 0.586. The highest BCUT2D eigenvalue weighted by atomic mass is 79.9. The number of carbonyl (C=O) groups is 2. The second kappa shape index (κ2) is 6.80. The summed E-state index contributed by atoms with van der Waals surface area (Å²) in [5, 5.41) is 6.77. The van der Waals surface area contributed by atoms with Gasteiger partial charge in [-0.2, -0.15) is 5.10 Å². The molecule has 2 aliphatic heterocycles. The van der Waals surface area contributed by atoms with Crippen LogP contribution in [0.1, 0.15) is 30.7 Å². The second-order valence-electron chi connectivity index (χ2n) is 8.26. The molecule has 7 heteroatoms. The van der Waals surface area contributed by atoms with Gasteiger partial charge in [-0.25, -0.2) is 5.01 Å². The molecule has 2 aliphatic rings. The molecular formula is C23H21BrN4O2. The summed E-state index contributed by atoms with van der Waals surface area (Å²) in [5.41, 5.74) is 3.39. The molecule has 30 heavy (non-hydrogen) atoms. The molecule has 0 unspecified atom stereocenters. The number of benzene rings is 2. The van der Waals surface area contributed by atoms with Gasteiger partial charge in [0.2, 0.25) is 5.91 Å². The summed E-state index contributed by atoms with van der Waals surface area (Å²) in [4.78, 5) is 31.7. The first kappa shape index (κ1) is 19.1. The maximum absolute atomic E-state index is 13.3. The van der Waals surface area contributed by atoms with Crippen LogP contribution in [0, 0.1) is 0 Å². The molecule has 1 aromatic heterocycles. The fourth-order valence-corrected chi connectivity index (χ4v) is 5.10. The lowest BCUT2D eigenvalue weighted by Crippen LogP contribution is -2.66. The minimum Gasteiger partial charge on any atom is -0.356 e. The molecular weight excluding hydrogens is 444 g/mol. The van der Waals surface area contributed by atoms with Crippen molar-refractivity contribution in [3.05, 3.63) is 69.8 Å². The lowest BCUT2D eigenvalue weighted by Gasteiger charge is -2.50. The number of piperazine rings is 1. The lowest BCUT2D eigenvalue weighted by molar-refractivity contribution is -0.163. The van der Waals surface area contributed by atoms with Crippen LogP contribution in [0.15, 0.2) is 58.1 Å². The Morgan fingerprint density at radius 2 is 1.97 bits per heavy atom. The van der Waals surface area contributed by atoms with Gasteiger partial charge in [-0.15, -0.1) is 0 Å². The Bertz CT molecular complexity index is 1210. The van der Waals surface area contributed by atoms with Gasteiger partial charge in [-0.3, -0.25) is 9.59 Å². The Hall–Kier alpha value is -2.93.